The molecule has 2 saturated heterocycles. The van der Waals surface area contributed by atoms with E-state index >= 15 is 0 Å². The lowest BCUT2D eigenvalue weighted by Gasteiger charge is -2.24. The molecule has 0 radical (unpaired) electrons. The second-order valence-electron chi connectivity index (χ2n) is 6.95. The minimum absolute atomic E-state index is 0.0397. The molecular formula is C19H21N3O2S. The lowest BCUT2D eigenvalue weighted by Crippen LogP contribution is -2.40. The standard InChI is InChI=1S/C19H21N3O2S/c23-17-10-19(14-22(17)16-6-9-25-12-16)7-8-21(13-19)18(24)20-11-15-4-2-1-3-5-15/h1-6,9,12H,7-8,10-11,13-14H2,(H,20,24)/t19-/m1/s1. The van der Waals surface area contributed by atoms with Gasteiger partial charge in [0.25, 0.3) is 0 Å². The van der Waals surface area contributed by atoms with Crippen molar-refractivity contribution in [2.75, 3.05) is 24.5 Å². The molecular weight excluding hydrogens is 334 g/mol. The van der Waals surface area contributed by atoms with E-state index in [-0.39, 0.29) is 17.4 Å². The van der Waals surface area contributed by atoms with E-state index in [1.165, 1.54) is 0 Å². The molecule has 1 spiro atoms. The van der Waals surface area contributed by atoms with Crippen molar-refractivity contribution in [3.05, 3.63) is 52.7 Å². The van der Waals surface area contributed by atoms with Crippen LogP contribution >= 0.6 is 11.3 Å². The first-order chi connectivity index (χ1) is 12.2. The van der Waals surface area contributed by atoms with E-state index in [0.717, 1.165) is 17.7 Å². The molecule has 0 aliphatic carbocycles. The van der Waals surface area contributed by atoms with Gasteiger partial charge in [-0.15, -0.1) is 0 Å². The Morgan fingerprint density at radius 3 is 2.80 bits per heavy atom. The number of anilines is 1. The lowest BCUT2D eigenvalue weighted by atomic mass is 9.86. The quantitative estimate of drug-likeness (QED) is 0.920. The summed E-state index contributed by atoms with van der Waals surface area (Å²) < 4.78 is 0. The monoisotopic (exact) mass is 355 g/mol. The first-order valence-electron chi connectivity index (χ1n) is 8.55. The topological polar surface area (TPSA) is 52.7 Å². The zero-order chi connectivity index (χ0) is 17.3. The van der Waals surface area contributed by atoms with E-state index < -0.39 is 0 Å². The fourth-order valence-corrected chi connectivity index (χ4v) is 4.45. The van der Waals surface area contributed by atoms with Gasteiger partial charge in [-0.1, -0.05) is 30.3 Å². The average Bonchev–Trinajstić information content (AvgIpc) is 3.35. The van der Waals surface area contributed by atoms with Crippen LogP contribution in [0.4, 0.5) is 10.5 Å². The molecule has 1 N–H and O–H groups in total. The summed E-state index contributed by atoms with van der Waals surface area (Å²) in [7, 11) is 0. The molecule has 3 amide bonds. The fourth-order valence-electron chi connectivity index (χ4n) is 3.81. The maximum absolute atomic E-state index is 12.5. The first-order valence-corrected chi connectivity index (χ1v) is 9.49. The maximum Gasteiger partial charge on any atom is 0.317 e. The molecule has 130 valence electrons. The van der Waals surface area contributed by atoms with E-state index in [4.69, 9.17) is 0 Å². The Labute approximate surface area is 151 Å². The minimum Gasteiger partial charge on any atom is -0.334 e. The second-order valence-corrected chi connectivity index (χ2v) is 7.73. The molecule has 0 saturated carbocycles. The summed E-state index contributed by atoms with van der Waals surface area (Å²) >= 11 is 1.60. The van der Waals surface area contributed by atoms with Gasteiger partial charge in [-0.3, -0.25) is 4.79 Å². The van der Waals surface area contributed by atoms with Crippen molar-refractivity contribution >= 4 is 29.0 Å². The Hall–Kier alpha value is -2.34. The molecule has 2 aliphatic rings. The Morgan fingerprint density at radius 2 is 2.04 bits per heavy atom. The van der Waals surface area contributed by atoms with Gasteiger partial charge in [-0.25, -0.2) is 4.79 Å². The zero-order valence-electron chi connectivity index (χ0n) is 14.0. The van der Waals surface area contributed by atoms with Gasteiger partial charge in [0.05, 0.1) is 5.69 Å². The van der Waals surface area contributed by atoms with Crippen LogP contribution in [0.2, 0.25) is 0 Å². The molecule has 0 bridgehead atoms. The third-order valence-electron chi connectivity index (χ3n) is 5.15. The van der Waals surface area contributed by atoms with Gasteiger partial charge in [-0.2, -0.15) is 11.3 Å². The van der Waals surface area contributed by atoms with Gasteiger partial charge in [0.15, 0.2) is 0 Å². The smallest absolute Gasteiger partial charge is 0.317 e. The number of urea groups is 1. The number of amides is 3. The summed E-state index contributed by atoms with van der Waals surface area (Å²) in [5.74, 6) is 0.171. The predicted octanol–water partition coefficient (Wildman–Crippen LogP) is 3.09. The number of hydrogen-bond acceptors (Lipinski definition) is 3. The molecule has 3 heterocycles. The van der Waals surface area contributed by atoms with Crippen molar-refractivity contribution in [1.29, 1.82) is 0 Å². The number of nitrogens with one attached hydrogen (secondary N) is 1. The van der Waals surface area contributed by atoms with Crippen LogP contribution in [0.5, 0.6) is 0 Å². The largest absolute Gasteiger partial charge is 0.334 e. The summed E-state index contributed by atoms with van der Waals surface area (Å²) in [5.41, 5.74) is 1.98. The third-order valence-corrected chi connectivity index (χ3v) is 5.82. The number of carbonyl (C=O) groups excluding carboxylic acids is 2. The molecule has 1 aromatic heterocycles. The fraction of sp³-hybridized carbons (Fsp3) is 0.368. The van der Waals surface area contributed by atoms with Crippen LogP contribution in [0, 0.1) is 5.41 Å². The van der Waals surface area contributed by atoms with Crippen molar-refractivity contribution in [2.45, 2.75) is 19.4 Å². The second kappa shape index (κ2) is 6.52. The van der Waals surface area contributed by atoms with E-state index in [0.29, 0.717) is 32.6 Å². The Kier molecular flexibility index (Phi) is 4.21. The van der Waals surface area contributed by atoms with E-state index in [1.54, 1.807) is 11.3 Å². The molecule has 0 unspecified atom stereocenters. The molecule has 2 aliphatic heterocycles. The van der Waals surface area contributed by atoms with Crippen LogP contribution in [0.15, 0.2) is 47.2 Å². The number of hydrogen-bond donors (Lipinski definition) is 1. The highest BCUT2D eigenvalue weighted by atomic mass is 32.1. The van der Waals surface area contributed by atoms with Crippen molar-refractivity contribution in [2.24, 2.45) is 5.41 Å². The maximum atomic E-state index is 12.5. The number of likely N-dealkylation sites (tertiary alicyclic amines) is 1. The number of rotatable bonds is 3. The van der Waals surface area contributed by atoms with Crippen molar-refractivity contribution in [1.82, 2.24) is 10.2 Å². The molecule has 1 aromatic carbocycles. The Morgan fingerprint density at radius 1 is 1.20 bits per heavy atom. The lowest BCUT2D eigenvalue weighted by molar-refractivity contribution is -0.117. The van der Waals surface area contributed by atoms with Crippen LogP contribution in [0.25, 0.3) is 0 Å². The summed E-state index contributed by atoms with van der Waals surface area (Å²) in [5, 5.41) is 6.99. The third kappa shape index (κ3) is 3.26. The Bertz CT molecular complexity index is 762. The summed E-state index contributed by atoms with van der Waals surface area (Å²) in [6.45, 7) is 2.61. The van der Waals surface area contributed by atoms with E-state index in [1.807, 2.05) is 57.0 Å². The Balaban J connectivity index is 1.36. The molecule has 2 fully saturated rings. The molecule has 4 rings (SSSR count). The van der Waals surface area contributed by atoms with Crippen LogP contribution < -0.4 is 10.2 Å². The zero-order valence-corrected chi connectivity index (χ0v) is 14.8. The number of benzene rings is 1. The van der Waals surface area contributed by atoms with Gasteiger partial charge in [0.2, 0.25) is 5.91 Å². The predicted molar refractivity (Wildman–Crippen MR) is 98.6 cm³/mol. The molecule has 2 aromatic rings. The average molecular weight is 355 g/mol. The van der Waals surface area contributed by atoms with Crippen LogP contribution in [-0.2, 0) is 11.3 Å². The minimum atomic E-state index is -0.0941. The van der Waals surface area contributed by atoms with Crippen molar-refractivity contribution in [3.63, 3.8) is 0 Å². The van der Waals surface area contributed by atoms with Crippen molar-refractivity contribution in [3.8, 4) is 0 Å². The highest BCUT2D eigenvalue weighted by Crippen LogP contribution is 2.42. The SMILES string of the molecule is O=C(NCc1ccccc1)N1CC[C@@]2(CC(=O)N(c3ccsc3)C2)C1. The molecule has 6 heteroatoms. The number of nitrogens with zero attached hydrogens (tertiary/aromatic N) is 2. The summed E-state index contributed by atoms with van der Waals surface area (Å²) in [6, 6.07) is 11.8. The van der Waals surface area contributed by atoms with Crippen LogP contribution in [0.3, 0.4) is 0 Å². The van der Waals surface area contributed by atoms with E-state index in [2.05, 4.69) is 5.32 Å². The highest BCUT2D eigenvalue weighted by molar-refractivity contribution is 7.08. The van der Waals surface area contributed by atoms with Crippen LogP contribution in [-0.4, -0.2) is 36.5 Å². The van der Waals surface area contributed by atoms with Crippen LogP contribution in [0.1, 0.15) is 18.4 Å². The highest BCUT2D eigenvalue weighted by Gasteiger charge is 2.48. The van der Waals surface area contributed by atoms with Gasteiger partial charge >= 0.3 is 6.03 Å². The summed E-state index contributed by atoms with van der Waals surface area (Å²) in [6.07, 6.45) is 1.42. The summed E-state index contributed by atoms with van der Waals surface area (Å²) in [4.78, 5) is 28.6. The number of carbonyl (C=O) groups is 2. The van der Waals surface area contributed by atoms with Gasteiger partial charge in [-0.05, 0) is 23.4 Å². The molecule has 25 heavy (non-hydrogen) atoms. The van der Waals surface area contributed by atoms with Gasteiger partial charge in [0.1, 0.15) is 0 Å². The van der Waals surface area contributed by atoms with Gasteiger partial charge in [0, 0.05) is 43.4 Å². The normalized spacial score (nSPS) is 22.8. The molecule has 5 nitrogen and oxygen atoms in total. The molecule has 1 atom stereocenters. The van der Waals surface area contributed by atoms with E-state index in [9.17, 15) is 9.59 Å². The first kappa shape index (κ1) is 16.1. The van der Waals surface area contributed by atoms with Crippen molar-refractivity contribution < 1.29 is 9.59 Å². The van der Waals surface area contributed by atoms with Gasteiger partial charge < -0.3 is 15.1 Å². The number of thiophene rings is 1.